The van der Waals surface area contributed by atoms with Gasteiger partial charge >= 0.3 is 0 Å². The molecule has 1 aromatic rings. The number of likely N-dealkylation sites (tertiary alicyclic amines) is 1. The van der Waals surface area contributed by atoms with Gasteiger partial charge in [-0.15, -0.1) is 24.2 Å². The Bertz CT molecular complexity index is 495. The largest absolute Gasteiger partial charge is 0.342 e. The number of thioether (sulfide) groups is 1. The quantitative estimate of drug-likeness (QED) is 0.769. The number of halogens is 2. The fourth-order valence-corrected chi connectivity index (χ4v) is 3.64. The molecule has 124 valence electrons. The first kappa shape index (κ1) is 19.8. The van der Waals surface area contributed by atoms with Crippen molar-refractivity contribution in [3.8, 4) is 0 Å². The van der Waals surface area contributed by atoms with Gasteiger partial charge in [-0.1, -0.05) is 29.8 Å². The van der Waals surface area contributed by atoms with Gasteiger partial charge in [0.2, 0.25) is 5.91 Å². The number of amides is 1. The van der Waals surface area contributed by atoms with Crippen molar-refractivity contribution in [2.75, 3.05) is 18.8 Å². The number of hydrogen-bond donors (Lipinski definition) is 1. The third-order valence-electron chi connectivity index (χ3n) is 4.06. The third-order valence-corrected chi connectivity index (χ3v) is 5.61. The minimum Gasteiger partial charge on any atom is -0.342 e. The maximum atomic E-state index is 12.3. The van der Waals surface area contributed by atoms with Crippen LogP contribution in [0.2, 0.25) is 0 Å². The number of rotatable bonds is 4. The standard InChI is InChI=1S/C16H23BrN2OS.ClH/c1-16(2)11-19(9-7-14(16)18)15(20)8-10-21-13-5-3-12(17)4-6-13;/h3-6,14H,7-11,18H2,1-2H3;1H. The zero-order chi connectivity index (χ0) is 15.5. The zero-order valence-corrected chi connectivity index (χ0v) is 16.3. The molecule has 0 saturated carbocycles. The highest BCUT2D eigenvalue weighted by atomic mass is 79.9. The van der Waals surface area contributed by atoms with Crippen molar-refractivity contribution in [1.82, 2.24) is 4.90 Å². The van der Waals surface area contributed by atoms with Crippen molar-refractivity contribution in [3.63, 3.8) is 0 Å². The summed E-state index contributed by atoms with van der Waals surface area (Å²) in [6.45, 7) is 5.86. The molecule has 0 aromatic heterocycles. The molecule has 2 rings (SSSR count). The summed E-state index contributed by atoms with van der Waals surface area (Å²) in [5.41, 5.74) is 6.14. The molecule has 3 nitrogen and oxygen atoms in total. The molecule has 1 aromatic carbocycles. The lowest BCUT2D eigenvalue weighted by atomic mass is 9.79. The number of nitrogens with two attached hydrogens (primary N) is 1. The van der Waals surface area contributed by atoms with Crippen molar-refractivity contribution in [2.24, 2.45) is 11.1 Å². The Morgan fingerprint density at radius 2 is 2.05 bits per heavy atom. The monoisotopic (exact) mass is 406 g/mol. The van der Waals surface area contributed by atoms with E-state index in [0.717, 1.165) is 29.7 Å². The normalized spacial score (nSPS) is 20.4. The van der Waals surface area contributed by atoms with E-state index in [1.165, 1.54) is 4.90 Å². The molecule has 22 heavy (non-hydrogen) atoms. The second kappa shape index (κ2) is 8.57. The summed E-state index contributed by atoms with van der Waals surface area (Å²) in [5, 5.41) is 0. The van der Waals surface area contributed by atoms with Gasteiger partial charge in [-0.3, -0.25) is 4.79 Å². The molecule has 1 unspecified atom stereocenters. The molecular formula is C16H24BrClN2OS. The molecule has 1 aliphatic rings. The van der Waals surface area contributed by atoms with Gasteiger partial charge in [0.15, 0.2) is 0 Å². The number of benzene rings is 1. The van der Waals surface area contributed by atoms with E-state index in [4.69, 9.17) is 5.73 Å². The Balaban J connectivity index is 0.00000242. The van der Waals surface area contributed by atoms with Crippen LogP contribution < -0.4 is 5.73 Å². The summed E-state index contributed by atoms with van der Waals surface area (Å²) >= 11 is 5.15. The first-order chi connectivity index (χ1) is 9.88. The van der Waals surface area contributed by atoms with Crippen LogP contribution in [0.5, 0.6) is 0 Å². The Morgan fingerprint density at radius 1 is 1.41 bits per heavy atom. The Hall–Kier alpha value is -0.230. The SMILES string of the molecule is CC1(C)CN(C(=O)CCSc2ccc(Br)cc2)CCC1N.Cl. The fraction of sp³-hybridized carbons (Fsp3) is 0.562. The highest BCUT2D eigenvalue weighted by Gasteiger charge is 2.34. The summed E-state index contributed by atoms with van der Waals surface area (Å²) in [6.07, 6.45) is 1.49. The molecule has 1 fully saturated rings. The predicted molar refractivity (Wildman–Crippen MR) is 99.7 cm³/mol. The van der Waals surface area contributed by atoms with Crippen molar-refractivity contribution in [3.05, 3.63) is 28.7 Å². The molecule has 1 atom stereocenters. The minimum absolute atomic E-state index is 0. The summed E-state index contributed by atoms with van der Waals surface area (Å²) in [4.78, 5) is 15.5. The van der Waals surface area contributed by atoms with E-state index >= 15 is 0 Å². The number of hydrogen-bond acceptors (Lipinski definition) is 3. The summed E-state index contributed by atoms with van der Waals surface area (Å²) in [7, 11) is 0. The molecule has 1 heterocycles. The van der Waals surface area contributed by atoms with Crippen LogP contribution in [0.15, 0.2) is 33.6 Å². The van der Waals surface area contributed by atoms with Crippen LogP contribution in [0.1, 0.15) is 26.7 Å². The van der Waals surface area contributed by atoms with Crippen LogP contribution in [-0.4, -0.2) is 35.7 Å². The van der Waals surface area contributed by atoms with Gasteiger partial charge in [0, 0.05) is 40.7 Å². The van der Waals surface area contributed by atoms with Gasteiger partial charge in [-0.05, 0) is 36.1 Å². The van der Waals surface area contributed by atoms with Gasteiger partial charge < -0.3 is 10.6 Å². The lowest BCUT2D eigenvalue weighted by Crippen LogP contribution is -2.54. The lowest BCUT2D eigenvalue weighted by Gasteiger charge is -2.42. The number of carbonyl (C=O) groups excluding carboxylic acids is 1. The molecular weight excluding hydrogens is 384 g/mol. The summed E-state index contributed by atoms with van der Waals surface area (Å²) in [5.74, 6) is 1.07. The van der Waals surface area contributed by atoms with Crippen LogP contribution in [0, 0.1) is 5.41 Å². The van der Waals surface area contributed by atoms with E-state index in [9.17, 15) is 4.79 Å². The zero-order valence-electron chi connectivity index (χ0n) is 13.0. The van der Waals surface area contributed by atoms with Crippen molar-refractivity contribution >= 4 is 46.0 Å². The maximum absolute atomic E-state index is 12.3. The second-order valence-corrected chi connectivity index (χ2v) is 8.34. The van der Waals surface area contributed by atoms with Gasteiger partial charge in [0.1, 0.15) is 0 Å². The van der Waals surface area contributed by atoms with E-state index in [0.29, 0.717) is 6.42 Å². The maximum Gasteiger partial charge on any atom is 0.223 e. The fourth-order valence-electron chi connectivity index (χ4n) is 2.53. The van der Waals surface area contributed by atoms with Gasteiger partial charge in [0.25, 0.3) is 0 Å². The van der Waals surface area contributed by atoms with Crippen LogP contribution in [0.25, 0.3) is 0 Å². The predicted octanol–water partition coefficient (Wildman–Crippen LogP) is 3.94. The first-order valence-electron chi connectivity index (χ1n) is 7.30. The Kier molecular flexibility index (Phi) is 7.72. The van der Waals surface area contributed by atoms with Crippen LogP contribution in [0.4, 0.5) is 0 Å². The van der Waals surface area contributed by atoms with Crippen LogP contribution in [0.3, 0.4) is 0 Å². The topological polar surface area (TPSA) is 46.3 Å². The van der Waals surface area contributed by atoms with Gasteiger partial charge in [0.05, 0.1) is 0 Å². The molecule has 2 N–H and O–H groups in total. The van der Waals surface area contributed by atoms with Crippen LogP contribution in [-0.2, 0) is 4.79 Å². The molecule has 1 amide bonds. The summed E-state index contributed by atoms with van der Waals surface area (Å²) in [6, 6.07) is 8.39. The van der Waals surface area contributed by atoms with E-state index in [2.05, 4.69) is 41.9 Å². The highest BCUT2D eigenvalue weighted by Crippen LogP contribution is 2.28. The molecule has 0 radical (unpaired) electrons. The molecule has 1 saturated heterocycles. The average molecular weight is 408 g/mol. The molecule has 0 bridgehead atoms. The van der Waals surface area contributed by atoms with E-state index in [1.807, 2.05) is 17.0 Å². The van der Waals surface area contributed by atoms with E-state index in [1.54, 1.807) is 11.8 Å². The van der Waals surface area contributed by atoms with Crippen molar-refractivity contribution < 1.29 is 4.79 Å². The average Bonchev–Trinajstić information content (AvgIpc) is 2.44. The second-order valence-electron chi connectivity index (χ2n) is 6.25. The smallest absolute Gasteiger partial charge is 0.223 e. The molecule has 1 aliphatic heterocycles. The van der Waals surface area contributed by atoms with Crippen molar-refractivity contribution in [2.45, 2.75) is 37.6 Å². The summed E-state index contributed by atoms with van der Waals surface area (Å²) < 4.78 is 1.08. The van der Waals surface area contributed by atoms with Gasteiger partial charge in [-0.2, -0.15) is 0 Å². The number of carbonyl (C=O) groups is 1. The minimum atomic E-state index is 0. The number of piperidine rings is 1. The van der Waals surface area contributed by atoms with E-state index in [-0.39, 0.29) is 29.8 Å². The highest BCUT2D eigenvalue weighted by molar-refractivity contribution is 9.10. The van der Waals surface area contributed by atoms with Crippen molar-refractivity contribution in [1.29, 1.82) is 0 Å². The van der Waals surface area contributed by atoms with Gasteiger partial charge in [-0.25, -0.2) is 0 Å². The van der Waals surface area contributed by atoms with Crippen LogP contribution >= 0.6 is 40.1 Å². The molecule has 0 aliphatic carbocycles. The Morgan fingerprint density at radius 3 is 2.64 bits per heavy atom. The lowest BCUT2D eigenvalue weighted by molar-refractivity contribution is -0.134. The third kappa shape index (κ3) is 5.44. The van der Waals surface area contributed by atoms with E-state index < -0.39 is 0 Å². The molecule has 6 heteroatoms. The molecule has 0 spiro atoms. The number of nitrogens with zero attached hydrogens (tertiary/aromatic N) is 1. The first-order valence-corrected chi connectivity index (χ1v) is 9.08. The Labute approximate surface area is 151 Å².